The number of likely N-dealkylation sites (tertiary alicyclic amines) is 1. The van der Waals surface area contributed by atoms with Crippen LogP contribution in [0.3, 0.4) is 0 Å². The van der Waals surface area contributed by atoms with E-state index in [-0.39, 0.29) is 11.7 Å². The maximum Gasteiger partial charge on any atom is 0.219 e. The van der Waals surface area contributed by atoms with Gasteiger partial charge in [0.1, 0.15) is 5.75 Å². The van der Waals surface area contributed by atoms with E-state index in [1.807, 2.05) is 13.0 Å². The van der Waals surface area contributed by atoms with Crippen LogP contribution in [0.5, 0.6) is 5.75 Å². The fourth-order valence-corrected chi connectivity index (χ4v) is 3.98. The van der Waals surface area contributed by atoms with Gasteiger partial charge in [0.25, 0.3) is 0 Å². The van der Waals surface area contributed by atoms with Crippen molar-refractivity contribution in [1.29, 1.82) is 0 Å². The Hall–Kier alpha value is -1.62. The molecule has 1 atom stereocenters. The van der Waals surface area contributed by atoms with Crippen molar-refractivity contribution in [2.24, 2.45) is 0 Å². The summed E-state index contributed by atoms with van der Waals surface area (Å²) in [5, 5.41) is 10.0. The van der Waals surface area contributed by atoms with Gasteiger partial charge in [-0.1, -0.05) is 0 Å². The molecular weight excluding hydrogens is 302 g/mol. The molecule has 5 heteroatoms. The predicted octanol–water partition coefficient (Wildman–Crippen LogP) is 2.85. The molecule has 2 fully saturated rings. The van der Waals surface area contributed by atoms with Gasteiger partial charge in [-0.25, -0.2) is 0 Å². The molecule has 1 amide bonds. The molecule has 132 valence electrons. The van der Waals surface area contributed by atoms with E-state index in [0.29, 0.717) is 18.6 Å². The van der Waals surface area contributed by atoms with Crippen LogP contribution in [0.4, 0.5) is 0 Å². The van der Waals surface area contributed by atoms with Gasteiger partial charge in [0.2, 0.25) is 5.91 Å². The molecule has 1 unspecified atom stereocenters. The van der Waals surface area contributed by atoms with E-state index in [4.69, 9.17) is 0 Å². The van der Waals surface area contributed by atoms with E-state index in [2.05, 4.69) is 14.8 Å². The highest BCUT2D eigenvalue weighted by molar-refractivity contribution is 5.74. The number of carbonyl (C=O) groups is 1. The first-order valence-electron chi connectivity index (χ1n) is 9.21. The lowest BCUT2D eigenvalue weighted by molar-refractivity contribution is -0.136. The van der Waals surface area contributed by atoms with Crippen molar-refractivity contribution in [3.63, 3.8) is 0 Å². The van der Waals surface area contributed by atoms with Crippen LogP contribution in [0.2, 0.25) is 0 Å². The zero-order chi connectivity index (χ0) is 17.1. The maximum atomic E-state index is 12.1. The lowest BCUT2D eigenvalue weighted by atomic mass is 9.89. The van der Waals surface area contributed by atoms with E-state index < -0.39 is 0 Å². The zero-order valence-electron chi connectivity index (χ0n) is 14.9. The number of hydrogen-bond donors (Lipinski definition) is 1. The Kier molecular flexibility index (Phi) is 5.39. The fraction of sp³-hybridized carbons (Fsp3) is 0.684. The topological polar surface area (TPSA) is 56.7 Å². The van der Waals surface area contributed by atoms with Crippen LogP contribution in [0.25, 0.3) is 0 Å². The average molecular weight is 331 g/mol. The third-order valence-electron chi connectivity index (χ3n) is 5.48. The summed E-state index contributed by atoms with van der Waals surface area (Å²) in [5.41, 5.74) is 1.69. The molecule has 1 aromatic heterocycles. The quantitative estimate of drug-likeness (QED) is 0.922. The number of aromatic nitrogens is 1. The predicted molar refractivity (Wildman–Crippen MR) is 93.7 cm³/mol. The Morgan fingerprint density at radius 3 is 2.58 bits per heavy atom. The number of pyridine rings is 1. The maximum absolute atomic E-state index is 12.1. The molecule has 1 saturated heterocycles. The summed E-state index contributed by atoms with van der Waals surface area (Å²) in [6.45, 7) is 6.31. The van der Waals surface area contributed by atoms with Crippen molar-refractivity contribution < 1.29 is 9.90 Å². The molecule has 24 heavy (non-hydrogen) atoms. The van der Waals surface area contributed by atoms with E-state index in [1.54, 1.807) is 13.0 Å². The normalized spacial score (nSPS) is 22.7. The van der Waals surface area contributed by atoms with Gasteiger partial charge in [0, 0.05) is 37.8 Å². The Labute approximate surface area is 144 Å². The minimum atomic E-state index is 0.233. The molecule has 1 aliphatic heterocycles. The molecule has 1 aromatic rings. The van der Waals surface area contributed by atoms with Crippen LogP contribution in [0.1, 0.15) is 56.8 Å². The van der Waals surface area contributed by atoms with E-state index in [9.17, 15) is 9.90 Å². The summed E-state index contributed by atoms with van der Waals surface area (Å²) < 4.78 is 0. The summed E-state index contributed by atoms with van der Waals surface area (Å²) in [5.74, 6) is 0.511. The summed E-state index contributed by atoms with van der Waals surface area (Å²) in [4.78, 5) is 21.1. The van der Waals surface area contributed by atoms with Gasteiger partial charge in [-0.3, -0.25) is 14.7 Å². The lowest BCUT2D eigenvalue weighted by Gasteiger charge is -2.42. The van der Waals surface area contributed by atoms with Crippen LogP contribution >= 0.6 is 0 Å². The Bertz CT molecular complexity index is 586. The summed E-state index contributed by atoms with van der Waals surface area (Å²) in [7, 11) is 0. The molecular formula is C19H29N3O2. The number of nitrogens with zero attached hydrogens (tertiary/aromatic N) is 3. The SMILES string of the molecule is CC(=O)N(C1CCC1)C1CCCN(Cc2nc(C)ccc2O)CC1. The Morgan fingerprint density at radius 2 is 1.92 bits per heavy atom. The molecule has 0 aromatic carbocycles. The molecule has 0 bridgehead atoms. The van der Waals surface area contributed by atoms with Gasteiger partial charge in [-0.15, -0.1) is 0 Å². The van der Waals surface area contributed by atoms with Gasteiger partial charge in [0.05, 0.1) is 5.69 Å². The van der Waals surface area contributed by atoms with Crippen molar-refractivity contribution >= 4 is 5.91 Å². The highest BCUT2D eigenvalue weighted by Gasteiger charge is 2.33. The molecule has 1 aliphatic carbocycles. The monoisotopic (exact) mass is 331 g/mol. The standard InChI is InChI=1S/C19H29N3O2/c1-14-8-9-19(24)18(20-14)13-21-11-4-7-17(10-12-21)22(15(2)23)16-5-3-6-16/h8-9,16-17,24H,3-7,10-13H2,1-2H3. The first-order chi connectivity index (χ1) is 11.5. The summed E-state index contributed by atoms with van der Waals surface area (Å²) in [6, 6.07) is 4.41. The summed E-state index contributed by atoms with van der Waals surface area (Å²) >= 11 is 0. The van der Waals surface area contributed by atoms with Crippen molar-refractivity contribution in [2.45, 2.75) is 71.0 Å². The number of rotatable bonds is 4. The van der Waals surface area contributed by atoms with E-state index in [1.165, 1.54) is 19.3 Å². The molecule has 2 heterocycles. The van der Waals surface area contributed by atoms with Crippen LogP contribution in [0.15, 0.2) is 12.1 Å². The van der Waals surface area contributed by atoms with Gasteiger partial charge in [-0.2, -0.15) is 0 Å². The summed E-state index contributed by atoms with van der Waals surface area (Å²) in [6.07, 6.45) is 6.78. The van der Waals surface area contributed by atoms with Crippen LogP contribution < -0.4 is 0 Å². The van der Waals surface area contributed by atoms with Crippen LogP contribution in [-0.4, -0.2) is 51.0 Å². The van der Waals surface area contributed by atoms with Crippen molar-refractivity contribution in [3.05, 3.63) is 23.5 Å². The second-order valence-corrected chi connectivity index (χ2v) is 7.29. The second-order valence-electron chi connectivity index (χ2n) is 7.29. The van der Waals surface area contributed by atoms with Crippen molar-refractivity contribution in [2.75, 3.05) is 13.1 Å². The fourth-order valence-electron chi connectivity index (χ4n) is 3.98. The molecule has 5 nitrogen and oxygen atoms in total. The molecule has 0 radical (unpaired) electrons. The molecule has 3 rings (SSSR count). The third kappa shape index (κ3) is 3.89. The van der Waals surface area contributed by atoms with Crippen molar-refractivity contribution in [3.8, 4) is 5.75 Å². The van der Waals surface area contributed by atoms with Gasteiger partial charge in [-0.05, 0) is 64.1 Å². The van der Waals surface area contributed by atoms with Gasteiger partial charge < -0.3 is 10.0 Å². The smallest absolute Gasteiger partial charge is 0.219 e. The number of aryl methyl sites for hydroxylation is 1. The lowest BCUT2D eigenvalue weighted by Crippen LogP contribution is -2.49. The van der Waals surface area contributed by atoms with E-state index >= 15 is 0 Å². The highest BCUT2D eigenvalue weighted by atomic mass is 16.3. The number of carbonyl (C=O) groups excluding carboxylic acids is 1. The minimum Gasteiger partial charge on any atom is -0.506 e. The zero-order valence-corrected chi connectivity index (χ0v) is 14.9. The Balaban J connectivity index is 1.62. The minimum absolute atomic E-state index is 0.233. The first-order valence-corrected chi connectivity index (χ1v) is 9.21. The average Bonchev–Trinajstić information content (AvgIpc) is 2.72. The number of hydrogen-bond acceptors (Lipinski definition) is 4. The largest absolute Gasteiger partial charge is 0.506 e. The highest BCUT2D eigenvalue weighted by Crippen LogP contribution is 2.30. The second kappa shape index (κ2) is 7.51. The number of amides is 1. The van der Waals surface area contributed by atoms with Crippen molar-refractivity contribution in [1.82, 2.24) is 14.8 Å². The molecule has 1 N–H and O–H groups in total. The molecule has 1 saturated carbocycles. The van der Waals surface area contributed by atoms with Gasteiger partial charge >= 0.3 is 0 Å². The number of aromatic hydroxyl groups is 1. The third-order valence-corrected chi connectivity index (χ3v) is 5.48. The Morgan fingerprint density at radius 1 is 1.21 bits per heavy atom. The van der Waals surface area contributed by atoms with E-state index in [0.717, 1.165) is 43.7 Å². The molecule has 0 spiro atoms. The molecule has 2 aliphatic rings. The van der Waals surface area contributed by atoms with Crippen LogP contribution in [0, 0.1) is 6.92 Å². The van der Waals surface area contributed by atoms with Gasteiger partial charge in [0.15, 0.2) is 0 Å². The first kappa shape index (κ1) is 17.2. The van der Waals surface area contributed by atoms with Crippen LogP contribution in [-0.2, 0) is 11.3 Å².